The highest BCUT2D eigenvalue weighted by Gasteiger charge is 2.52. The third-order valence-electron chi connectivity index (χ3n) is 8.08. The van der Waals surface area contributed by atoms with Gasteiger partial charge in [0.15, 0.2) is 5.54 Å². The zero-order chi connectivity index (χ0) is 26.8. The minimum atomic E-state index is -1.59. The molecule has 38 heavy (non-hydrogen) atoms. The predicted molar refractivity (Wildman–Crippen MR) is 146 cm³/mol. The number of amides is 3. The average Bonchev–Trinajstić information content (AvgIpc) is 3.45. The second kappa shape index (κ2) is 10.3. The first-order chi connectivity index (χ1) is 18.4. The summed E-state index contributed by atoms with van der Waals surface area (Å²) in [5.41, 5.74) is 0.0289. The topological polar surface area (TPSA) is 81.2 Å². The van der Waals surface area contributed by atoms with E-state index in [1.165, 1.54) is 4.90 Å². The molecule has 1 aliphatic heterocycles. The van der Waals surface area contributed by atoms with Crippen LogP contribution in [0.5, 0.6) is 0 Å². The molecule has 1 heterocycles. The second-order valence-electron chi connectivity index (χ2n) is 10.4. The normalized spacial score (nSPS) is 20.7. The fraction of sp³-hybridized carbons (Fsp3) is 0.323. The lowest BCUT2D eigenvalue weighted by molar-refractivity contribution is -0.156. The summed E-state index contributed by atoms with van der Waals surface area (Å²) in [5, 5.41) is 10.4. The SMILES string of the molecule is C[C@]1(C(=O)O)CN(C(=O)C2(c3ccccc3)CCCC2)CCN1C(=O)N(c1ccccc1)c1ccccc1. The lowest BCUT2D eigenvalue weighted by Gasteiger charge is -2.49. The Morgan fingerprint density at radius 3 is 1.76 bits per heavy atom. The van der Waals surface area contributed by atoms with Crippen molar-refractivity contribution in [3.63, 3.8) is 0 Å². The third-order valence-corrected chi connectivity index (χ3v) is 8.08. The van der Waals surface area contributed by atoms with E-state index in [-0.39, 0.29) is 25.5 Å². The van der Waals surface area contributed by atoms with Crippen molar-refractivity contribution in [2.75, 3.05) is 24.5 Å². The average molecular weight is 512 g/mol. The van der Waals surface area contributed by atoms with Crippen LogP contribution >= 0.6 is 0 Å². The van der Waals surface area contributed by atoms with Gasteiger partial charge in [0.25, 0.3) is 0 Å². The lowest BCUT2D eigenvalue weighted by atomic mass is 9.77. The smallest absolute Gasteiger partial charge is 0.331 e. The van der Waals surface area contributed by atoms with Crippen molar-refractivity contribution < 1.29 is 19.5 Å². The van der Waals surface area contributed by atoms with Crippen molar-refractivity contribution >= 4 is 29.3 Å². The number of anilines is 2. The largest absolute Gasteiger partial charge is 0.479 e. The van der Waals surface area contributed by atoms with Crippen LogP contribution < -0.4 is 4.90 Å². The first-order valence-corrected chi connectivity index (χ1v) is 13.2. The molecular weight excluding hydrogens is 478 g/mol. The van der Waals surface area contributed by atoms with Crippen molar-refractivity contribution in [3.05, 3.63) is 96.6 Å². The molecule has 1 saturated heterocycles. The molecule has 7 nitrogen and oxygen atoms in total. The minimum Gasteiger partial charge on any atom is -0.479 e. The number of aliphatic carboxylic acids is 1. The number of benzene rings is 3. The first kappa shape index (κ1) is 25.5. The number of para-hydroxylation sites is 2. The Kier molecular flexibility index (Phi) is 6.93. The maximum absolute atomic E-state index is 14.1. The molecule has 0 spiro atoms. The number of hydrogen-bond donors (Lipinski definition) is 1. The third kappa shape index (κ3) is 4.42. The molecule has 5 rings (SSSR count). The van der Waals surface area contributed by atoms with Gasteiger partial charge in [-0.2, -0.15) is 0 Å². The van der Waals surface area contributed by atoms with Gasteiger partial charge < -0.3 is 14.9 Å². The van der Waals surface area contributed by atoms with Gasteiger partial charge in [-0.1, -0.05) is 79.6 Å². The van der Waals surface area contributed by atoms with Crippen LogP contribution in [0.25, 0.3) is 0 Å². The predicted octanol–water partition coefficient (Wildman–Crippen LogP) is 5.44. The minimum absolute atomic E-state index is 0.0382. The molecular formula is C31H33N3O4. The summed E-state index contributed by atoms with van der Waals surface area (Å²) in [6.07, 6.45) is 3.40. The molecule has 1 saturated carbocycles. The Morgan fingerprint density at radius 2 is 1.26 bits per heavy atom. The monoisotopic (exact) mass is 511 g/mol. The van der Waals surface area contributed by atoms with Crippen molar-refractivity contribution in [1.29, 1.82) is 0 Å². The molecule has 3 aromatic carbocycles. The quantitative estimate of drug-likeness (QED) is 0.494. The Bertz CT molecular complexity index is 1250. The van der Waals surface area contributed by atoms with Crippen LogP contribution in [0.2, 0.25) is 0 Å². The van der Waals surface area contributed by atoms with Crippen LogP contribution in [0.4, 0.5) is 16.2 Å². The van der Waals surface area contributed by atoms with Crippen LogP contribution in [0.1, 0.15) is 38.2 Å². The number of rotatable bonds is 5. The molecule has 1 N–H and O–H groups in total. The zero-order valence-electron chi connectivity index (χ0n) is 21.6. The molecule has 196 valence electrons. The summed E-state index contributed by atoms with van der Waals surface area (Å²) >= 11 is 0. The summed E-state index contributed by atoms with van der Waals surface area (Å²) in [4.78, 5) is 45.6. The lowest BCUT2D eigenvalue weighted by Crippen LogP contribution is -2.69. The molecule has 1 atom stereocenters. The standard InChI is InChI=1S/C31H33N3O4/c1-30(28(36)37)23-32(27(35)31(19-11-12-20-31)24-13-5-2-6-14-24)21-22-33(30)29(38)34(25-15-7-3-8-16-25)26-17-9-4-10-18-26/h2-10,13-18H,11-12,19-23H2,1H3,(H,36,37)/t30-/m1/s1. The van der Waals surface area contributed by atoms with Crippen LogP contribution in [-0.4, -0.2) is 58.0 Å². The van der Waals surface area contributed by atoms with Gasteiger partial charge in [0.1, 0.15) is 0 Å². The number of hydrogen-bond acceptors (Lipinski definition) is 3. The summed E-state index contributed by atoms with van der Waals surface area (Å²) in [6, 6.07) is 27.8. The summed E-state index contributed by atoms with van der Waals surface area (Å²) < 4.78 is 0. The summed E-state index contributed by atoms with van der Waals surface area (Å²) in [6.45, 7) is 1.87. The molecule has 7 heteroatoms. The van der Waals surface area contributed by atoms with E-state index in [4.69, 9.17) is 0 Å². The van der Waals surface area contributed by atoms with Gasteiger partial charge in [0, 0.05) is 13.1 Å². The van der Waals surface area contributed by atoms with Crippen LogP contribution in [0, 0.1) is 0 Å². The van der Waals surface area contributed by atoms with Crippen molar-refractivity contribution in [2.24, 2.45) is 0 Å². The van der Waals surface area contributed by atoms with Gasteiger partial charge in [-0.15, -0.1) is 0 Å². The molecule has 1 aliphatic carbocycles. The van der Waals surface area contributed by atoms with E-state index in [1.54, 1.807) is 16.7 Å². The molecule has 2 fully saturated rings. The molecule has 3 aromatic rings. The fourth-order valence-electron chi connectivity index (χ4n) is 5.98. The number of carboxylic acids is 1. The van der Waals surface area contributed by atoms with Crippen molar-refractivity contribution in [2.45, 2.75) is 43.6 Å². The van der Waals surface area contributed by atoms with Gasteiger partial charge in [0.05, 0.1) is 23.3 Å². The van der Waals surface area contributed by atoms with Crippen molar-refractivity contribution in [3.8, 4) is 0 Å². The van der Waals surface area contributed by atoms with Gasteiger partial charge in [0.2, 0.25) is 5.91 Å². The van der Waals surface area contributed by atoms with Crippen molar-refractivity contribution in [1.82, 2.24) is 9.80 Å². The van der Waals surface area contributed by atoms with Gasteiger partial charge in [-0.05, 0) is 49.6 Å². The van der Waals surface area contributed by atoms with Crippen LogP contribution in [0.3, 0.4) is 0 Å². The molecule has 0 bridgehead atoms. The van der Waals surface area contributed by atoms with E-state index < -0.39 is 23.0 Å². The van der Waals surface area contributed by atoms with E-state index in [9.17, 15) is 19.5 Å². The Morgan fingerprint density at radius 1 is 0.763 bits per heavy atom. The number of urea groups is 1. The Labute approximate surface area is 223 Å². The van der Waals surface area contributed by atoms with Crippen LogP contribution in [0.15, 0.2) is 91.0 Å². The van der Waals surface area contributed by atoms with Gasteiger partial charge in [-0.25, -0.2) is 9.59 Å². The number of piperazine rings is 1. The highest BCUT2D eigenvalue weighted by molar-refractivity contribution is 6.02. The van der Waals surface area contributed by atoms with Gasteiger partial charge in [-0.3, -0.25) is 9.69 Å². The van der Waals surface area contributed by atoms with Gasteiger partial charge >= 0.3 is 12.0 Å². The molecule has 0 unspecified atom stereocenters. The van der Waals surface area contributed by atoms with E-state index in [0.717, 1.165) is 31.2 Å². The fourth-order valence-corrected chi connectivity index (χ4v) is 5.98. The number of nitrogens with zero attached hydrogens (tertiary/aromatic N) is 3. The maximum Gasteiger partial charge on any atom is 0.331 e. The van der Waals surface area contributed by atoms with E-state index >= 15 is 0 Å². The Hall–Kier alpha value is -4.13. The van der Waals surface area contributed by atoms with E-state index in [1.807, 2.05) is 91.0 Å². The molecule has 3 amide bonds. The number of carbonyl (C=O) groups excluding carboxylic acids is 2. The first-order valence-electron chi connectivity index (χ1n) is 13.2. The van der Waals surface area contributed by atoms with E-state index in [0.29, 0.717) is 11.4 Å². The summed E-state index contributed by atoms with van der Waals surface area (Å²) in [5.74, 6) is -1.17. The maximum atomic E-state index is 14.1. The Balaban J connectivity index is 1.47. The van der Waals surface area contributed by atoms with E-state index in [2.05, 4.69) is 0 Å². The number of carboxylic acid groups (broad SMARTS) is 1. The molecule has 0 radical (unpaired) electrons. The highest BCUT2D eigenvalue weighted by Crippen LogP contribution is 2.43. The summed E-state index contributed by atoms with van der Waals surface area (Å²) in [7, 11) is 0. The van der Waals surface area contributed by atoms with Crippen LogP contribution in [-0.2, 0) is 15.0 Å². The number of carbonyl (C=O) groups is 3. The molecule has 2 aliphatic rings. The highest BCUT2D eigenvalue weighted by atomic mass is 16.4. The molecule has 0 aromatic heterocycles. The second-order valence-corrected chi connectivity index (χ2v) is 10.4. The zero-order valence-corrected chi connectivity index (χ0v) is 21.6.